The van der Waals surface area contributed by atoms with Crippen molar-refractivity contribution in [3.63, 3.8) is 0 Å². The SMILES string of the molecule is NC1CCC(N2C(=O)c3ccccc3C(C(=O)NCCc3ccccc3)C2c2ccc(Cl)cc2Cl)CC1. The van der Waals surface area contributed by atoms with Gasteiger partial charge < -0.3 is 16.0 Å². The van der Waals surface area contributed by atoms with Crippen LogP contribution in [0.3, 0.4) is 0 Å². The van der Waals surface area contributed by atoms with E-state index in [0.717, 1.165) is 48.8 Å². The van der Waals surface area contributed by atoms with E-state index in [1.807, 2.05) is 65.6 Å². The molecule has 0 spiro atoms. The second-order valence-electron chi connectivity index (χ2n) is 9.98. The third-order valence-corrected chi connectivity index (χ3v) is 8.19. The van der Waals surface area contributed by atoms with Crippen molar-refractivity contribution < 1.29 is 9.59 Å². The molecule has 1 aliphatic carbocycles. The number of fused-ring (bicyclic) bond motifs is 1. The number of halogens is 2. The number of carbonyl (C=O) groups excluding carboxylic acids is 2. The summed E-state index contributed by atoms with van der Waals surface area (Å²) in [5.74, 6) is -0.802. The zero-order chi connectivity index (χ0) is 25.9. The van der Waals surface area contributed by atoms with Crippen LogP contribution in [-0.4, -0.2) is 35.3 Å². The highest BCUT2D eigenvalue weighted by Gasteiger charge is 2.47. The van der Waals surface area contributed by atoms with Gasteiger partial charge in [0.05, 0.1) is 12.0 Å². The number of carbonyl (C=O) groups is 2. The van der Waals surface area contributed by atoms with Gasteiger partial charge in [0.25, 0.3) is 5.91 Å². The van der Waals surface area contributed by atoms with Gasteiger partial charge in [-0.25, -0.2) is 0 Å². The van der Waals surface area contributed by atoms with Crippen LogP contribution in [-0.2, 0) is 11.2 Å². The zero-order valence-corrected chi connectivity index (χ0v) is 22.1. The number of benzene rings is 3. The lowest BCUT2D eigenvalue weighted by Crippen LogP contribution is -2.53. The van der Waals surface area contributed by atoms with Crippen molar-refractivity contribution >= 4 is 35.0 Å². The fraction of sp³-hybridized carbons (Fsp3) is 0.333. The lowest BCUT2D eigenvalue weighted by atomic mass is 9.77. The quantitative estimate of drug-likeness (QED) is 0.412. The maximum absolute atomic E-state index is 14.0. The molecule has 1 aliphatic heterocycles. The number of rotatable bonds is 6. The predicted molar refractivity (Wildman–Crippen MR) is 148 cm³/mol. The zero-order valence-electron chi connectivity index (χ0n) is 20.6. The van der Waals surface area contributed by atoms with Crippen molar-refractivity contribution in [1.29, 1.82) is 0 Å². The largest absolute Gasteiger partial charge is 0.355 e. The van der Waals surface area contributed by atoms with E-state index in [2.05, 4.69) is 5.32 Å². The molecule has 0 saturated heterocycles. The van der Waals surface area contributed by atoms with Crippen LogP contribution in [0, 0.1) is 0 Å². The molecule has 5 rings (SSSR count). The number of nitrogens with two attached hydrogens (primary N) is 1. The van der Waals surface area contributed by atoms with E-state index in [1.54, 1.807) is 12.1 Å². The lowest BCUT2D eigenvalue weighted by molar-refractivity contribution is -0.124. The highest BCUT2D eigenvalue weighted by Crippen LogP contribution is 2.47. The topological polar surface area (TPSA) is 75.4 Å². The number of hydrogen-bond acceptors (Lipinski definition) is 3. The molecular formula is C30H31Cl2N3O2. The summed E-state index contributed by atoms with van der Waals surface area (Å²) in [6.45, 7) is 0.495. The Hall–Kier alpha value is -2.86. The Bertz CT molecular complexity index is 1270. The smallest absolute Gasteiger partial charge is 0.254 e. The Kier molecular flexibility index (Phi) is 7.84. The van der Waals surface area contributed by atoms with Gasteiger partial charge in [0.1, 0.15) is 0 Å². The van der Waals surface area contributed by atoms with Crippen LogP contribution in [0.25, 0.3) is 0 Å². The highest BCUT2D eigenvalue weighted by atomic mass is 35.5. The first-order valence-electron chi connectivity index (χ1n) is 12.9. The molecule has 2 atom stereocenters. The standard InChI is InChI=1S/C30H31Cl2N3O2/c31-20-10-15-25(26(32)18-20)28-27(29(36)34-17-16-19-6-2-1-3-7-19)23-8-4-5-9-24(23)30(37)35(28)22-13-11-21(33)12-14-22/h1-10,15,18,21-22,27-28H,11-14,16-17,33H2,(H,34,36). The minimum atomic E-state index is -0.612. The molecule has 3 aromatic carbocycles. The molecule has 2 amide bonds. The molecule has 0 bridgehead atoms. The number of nitrogens with zero attached hydrogens (tertiary/aromatic N) is 1. The van der Waals surface area contributed by atoms with Crippen LogP contribution in [0.5, 0.6) is 0 Å². The minimum Gasteiger partial charge on any atom is -0.355 e. The van der Waals surface area contributed by atoms with Crippen molar-refractivity contribution in [2.75, 3.05) is 6.54 Å². The molecule has 0 radical (unpaired) electrons. The van der Waals surface area contributed by atoms with Gasteiger partial charge in [-0.05, 0) is 67.0 Å². The van der Waals surface area contributed by atoms with Crippen LogP contribution in [0.4, 0.5) is 0 Å². The average Bonchev–Trinajstić information content (AvgIpc) is 2.90. The molecule has 1 fully saturated rings. The maximum Gasteiger partial charge on any atom is 0.254 e. The van der Waals surface area contributed by atoms with Gasteiger partial charge in [-0.2, -0.15) is 0 Å². The van der Waals surface area contributed by atoms with Crippen LogP contribution in [0.15, 0.2) is 72.8 Å². The molecule has 5 nitrogen and oxygen atoms in total. The second kappa shape index (κ2) is 11.3. The van der Waals surface area contributed by atoms with Gasteiger partial charge in [-0.3, -0.25) is 9.59 Å². The van der Waals surface area contributed by atoms with Gasteiger partial charge in [-0.15, -0.1) is 0 Å². The molecule has 192 valence electrons. The second-order valence-corrected chi connectivity index (χ2v) is 10.8. The normalized spacial score (nSPS) is 23.4. The molecule has 7 heteroatoms. The van der Waals surface area contributed by atoms with E-state index in [9.17, 15) is 9.59 Å². The molecule has 1 heterocycles. The molecule has 3 aromatic rings. The third-order valence-electron chi connectivity index (χ3n) is 7.63. The van der Waals surface area contributed by atoms with Gasteiger partial charge >= 0.3 is 0 Å². The van der Waals surface area contributed by atoms with E-state index in [-0.39, 0.29) is 23.9 Å². The lowest BCUT2D eigenvalue weighted by Gasteiger charge is -2.47. The van der Waals surface area contributed by atoms with Crippen LogP contribution in [0.2, 0.25) is 10.0 Å². The van der Waals surface area contributed by atoms with E-state index in [1.165, 1.54) is 0 Å². The first kappa shape index (κ1) is 25.8. The number of hydrogen-bond donors (Lipinski definition) is 2. The first-order valence-corrected chi connectivity index (χ1v) is 13.6. The van der Waals surface area contributed by atoms with Crippen molar-refractivity contribution in [2.24, 2.45) is 5.73 Å². The summed E-state index contributed by atoms with van der Waals surface area (Å²) < 4.78 is 0. The maximum atomic E-state index is 14.0. The summed E-state index contributed by atoms with van der Waals surface area (Å²) in [7, 11) is 0. The van der Waals surface area contributed by atoms with Crippen LogP contribution in [0.1, 0.15) is 64.7 Å². The molecule has 2 unspecified atom stereocenters. The Labute approximate surface area is 227 Å². The van der Waals surface area contributed by atoms with E-state index in [0.29, 0.717) is 22.2 Å². The summed E-state index contributed by atoms with van der Waals surface area (Å²) in [6.07, 6.45) is 3.98. The molecular weight excluding hydrogens is 505 g/mol. The van der Waals surface area contributed by atoms with Crippen molar-refractivity contribution in [3.8, 4) is 0 Å². The third kappa shape index (κ3) is 5.40. The number of amides is 2. The molecule has 0 aromatic heterocycles. The number of nitrogens with one attached hydrogen (secondary N) is 1. The Balaban J connectivity index is 1.55. The highest BCUT2D eigenvalue weighted by molar-refractivity contribution is 6.35. The predicted octanol–water partition coefficient (Wildman–Crippen LogP) is 5.90. The Morgan fingerprint density at radius 2 is 1.62 bits per heavy atom. The van der Waals surface area contributed by atoms with Gasteiger partial charge in [0.2, 0.25) is 5.91 Å². The molecule has 3 N–H and O–H groups in total. The van der Waals surface area contributed by atoms with Crippen molar-refractivity contribution in [3.05, 3.63) is 105 Å². The Morgan fingerprint density at radius 1 is 0.919 bits per heavy atom. The Morgan fingerprint density at radius 3 is 2.35 bits per heavy atom. The molecule has 2 aliphatic rings. The summed E-state index contributed by atoms with van der Waals surface area (Å²) in [5.41, 5.74) is 9.38. The van der Waals surface area contributed by atoms with Crippen LogP contribution < -0.4 is 11.1 Å². The van der Waals surface area contributed by atoms with Gasteiger partial charge in [0.15, 0.2) is 0 Å². The summed E-state index contributed by atoms with van der Waals surface area (Å²) in [4.78, 5) is 29.9. The van der Waals surface area contributed by atoms with Crippen molar-refractivity contribution in [1.82, 2.24) is 10.2 Å². The van der Waals surface area contributed by atoms with E-state index in [4.69, 9.17) is 28.9 Å². The fourth-order valence-corrected chi connectivity index (χ4v) is 6.29. The van der Waals surface area contributed by atoms with Crippen LogP contribution >= 0.6 is 23.2 Å². The molecule has 37 heavy (non-hydrogen) atoms. The summed E-state index contributed by atoms with van der Waals surface area (Å²) >= 11 is 13.0. The summed E-state index contributed by atoms with van der Waals surface area (Å²) in [5, 5.41) is 4.11. The first-order chi connectivity index (χ1) is 17.9. The average molecular weight is 537 g/mol. The van der Waals surface area contributed by atoms with Crippen molar-refractivity contribution in [2.45, 2.75) is 56.1 Å². The van der Waals surface area contributed by atoms with E-state index < -0.39 is 12.0 Å². The van der Waals surface area contributed by atoms with E-state index >= 15 is 0 Å². The molecule has 1 saturated carbocycles. The summed E-state index contributed by atoms with van der Waals surface area (Å²) in [6, 6.07) is 22.4. The fourth-order valence-electron chi connectivity index (χ4n) is 5.77. The minimum absolute atomic E-state index is 0.0305. The van der Waals surface area contributed by atoms with Gasteiger partial charge in [0, 0.05) is 34.2 Å². The monoisotopic (exact) mass is 535 g/mol. The van der Waals surface area contributed by atoms with Gasteiger partial charge in [-0.1, -0.05) is 77.8 Å².